The second-order valence-corrected chi connectivity index (χ2v) is 17.3. The first-order chi connectivity index (χ1) is 31.4. The Morgan fingerprint density at radius 2 is 1.22 bits per heavy atom. The molecule has 1 unspecified atom stereocenters. The van der Waals surface area contributed by atoms with Crippen LogP contribution >= 0.6 is 24.8 Å². The molecule has 3 heterocycles. The van der Waals surface area contributed by atoms with Gasteiger partial charge in [-0.1, -0.05) is 13.3 Å². The minimum Gasteiger partial charge on any atom is -0.442 e. The molecule has 0 saturated heterocycles. The topological polar surface area (TPSA) is 351 Å². The molecule has 1 aromatic heterocycles. The van der Waals surface area contributed by atoms with Crippen molar-refractivity contribution in [1.29, 1.82) is 21.6 Å². The van der Waals surface area contributed by atoms with E-state index in [1.54, 1.807) is 34.6 Å². The summed E-state index contributed by atoms with van der Waals surface area (Å²) in [6.07, 6.45) is 9.37. The first kappa shape index (κ1) is 71.3. The van der Waals surface area contributed by atoms with E-state index in [4.69, 9.17) is 46.4 Å². The summed E-state index contributed by atoms with van der Waals surface area (Å²) in [7, 11) is 1.84. The largest absolute Gasteiger partial charge is 0.442 e. The zero-order valence-electron chi connectivity index (χ0n) is 41.9. The molecule has 2 aliphatic heterocycles. The standard InChI is InChI=1S/C10H17BN2O3.C10H15BN2O3.C9H14N2O2.C7H14BNO2.C7H12BNO2.2ClH/c2*1-3-4-10(2,9(12)11-15)7(14)8-13-5-6-16-8;1-3-4-9(2,10)7(12)8-11-5-6-13-8;2*1-3-4-7(2,5-10)6(9)8-11;;/h7,12,14H,3-6H2,1-2H3;12H,3-6H2,1-2H3;5-6H,3-4,10H2,1-2H3;9-10H,3-5H2,1-2H3;5,9H,3-4H2,1-2H3;2*1H/t7?,10-;10-;9-;2*7-;;/m00000../s1. The van der Waals surface area contributed by atoms with Crippen LogP contribution in [0.15, 0.2) is 26.9 Å². The normalized spacial score (nSPS) is 16.5. The number of aromatic nitrogens is 1. The number of carbonyl (C=O) groups is 3. The Morgan fingerprint density at radius 3 is 1.59 bits per heavy atom. The van der Waals surface area contributed by atoms with Gasteiger partial charge in [-0.15, -0.1) is 24.8 Å². The Kier molecular flexibility index (Phi) is 37.0. The third-order valence-corrected chi connectivity index (χ3v) is 11.3. The van der Waals surface area contributed by atoms with Crippen molar-refractivity contribution in [3.8, 4) is 0 Å². The van der Waals surface area contributed by atoms with Gasteiger partial charge in [-0.05, 0) is 13.3 Å². The number of hydrogen-bond acceptors (Lipinski definition) is 20. The molecule has 0 amide bonds. The van der Waals surface area contributed by atoms with E-state index in [0.29, 0.717) is 99.7 Å². The number of carbonyl (C=O) groups excluding carboxylic acids is 3. The molecule has 6 atom stereocenters. The zero-order chi connectivity index (χ0) is 52.1. The van der Waals surface area contributed by atoms with Crippen LogP contribution in [0.25, 0.3) is 0 Å². The number of aliphatic imine (C=N–C) groups is 2. The van der Waals surface area contributed by atoms with Crippen LogP contribution in [-0.2, 0) is 37.9 Å². The number of ketones is 2. The second-order valence-electron chi connectivity index (χ2n) is 17.3. The minimum absolute atomic E-state index is 0. The average Bonchev–Trinajstić information content (AvgIpc) is 4.16. The number of nitrogens with two attached hydrogens (primary N) is 1. The molecule has 3 rings (SSSR count). The molecular formula is C43H74B4Cl2N8O12. The Morgan fingerprint density at radius 1 is 0.725 bits per heavy atom. The monoisotopic (exact) mass is 1010 g/mol. The number of aliphatic hydroxyl groups is 2. The van der Waals surface area contributed by atoms with Gasteiger partial charge in [-0.25, -0.2) is 4.98 Å². The predicted octanol–water partition coefficient (Wildman–Crippen LogP) is 5.48. The molecule has 69 heavy (non-hydrogen) atoms. The van der Waals surface area contributed by atoms with Crippen LogP contribution in [0.3, 0.4) is 0 Å². The van der Waals surface area contributed by atoms with E-state index in [1.165, 1.54) is 12.5 Å². The molecule has 20 nitrogen and oxygen atoms in total. The van der Waals surface area contributed by atoms with Gasteiger partial charge >= 0.3 is 322 Å². The molecule has 0 bridgehead atoms. The van der Waals surface area contributed by atoms with E-state index in [2.05, 4.69) is 15.0 Å². The van der Waals surface area contributed by atoms with E-state index in [0.717, 1.165) is 25.7 Å². The van der Waals surface area contributed by atoms with E-state index in [-0.39, 0.29) is 83.1 Å². The van der Waals surface area contributed by atoms with Crippen LogP contribution in [-0.4, -0.2) is 140 Å². The SMILES string of the molecule is CCC[C@@](C)(C=O)C(=N)B=O.CCC[C@@](C)(CO)C(=N)B=O.CCC[C@](C)(C(=N)B=O)C(=O)C1=NCCO1.CCC[C@](C)(C(=N)B=O)C(O)C1=NCCO1.CCC[C@](C)(N)C(=O)c1ncco1.Cl.Cl. The van der Waals surface area contributed by atoms with Gasteiger partial charge in [-0.2, -0.15) is 0 Å². The molecule has 0 saturated carbocycles. The van der Waals surface area contributed by atoms with Gasteiger partial charge in [0, 0.05) is 0 Å². The van der Waals surface area contributed by atoms with Crippen LogP contribution in [0.4, 0.5) is 0 Å². The number of nitrogens with zero attached hydrogens (tertiary/aromatic N) is 3. The number of rotatable bonds is 26. The molecule has 0 radical (unpaired) electrons. The van der Waals surface area contributed by atoms with Crippen molar-refractivity contribution in [3.05, 3.63) is 18.4 Å². The van der Waals surface area contributed by atoms with Crippen molar-refractivity contribution in [2.45, 2.75) is 145 Å². The van der Waals surface area contributed by atoms with E-state index in [9.17, 15) is 38.3 Å². The first-order valence-electron chi connectivity index (χ1n) is 22.4. The summed E-state index contributed by atoms with van der Waals surface area (Å²) in [5.41, 5.74) is 0.993. The maximum absolute atomic E-state index is 12.1. The average molecular weight is 1010 g/mol. The van der Waals surface area contributed by atoms with Crippen LogP contribution in [0.2, 0.25) is 0 Å². The van der Waals surface area contributed by atoms with Gasteiger partial charge in [-0.3, -0.25) is 4.79 Å². The number of oxazole rings is 1. The van der Waals surface area contributed by atoms with Crippen LogP contribution in [0.5, 0.6) is 0 Å². The van der Waals surface area contributed by atoms with Crippen molar-refractivity contribution in [3.63, 3.8) is 0 Å². The number of hydrogen-bond donors (Lipinski definition) is 7. The predicted molar refractivity (Wildman–Crippen MR) is 272 cm³/mol. The molecule has 384 valence electrons. The van der Waals surface area contributed by atoms with Gasteiger partial charge in [0.05, 0.1) is 11.7 Å². The second kappa shape index (κ2) is 35.8. The number of nitrogens with one attached hydrogen (secondary N) is 4. The summed E-state index contributed by atoms with van der Waals surface area (Å²) >= 11 is 0. The summed E-state index contributed by atoms with van der Waals surface area (Å²) in [5.74, 6) is -0.188. The molecular weight excluding hydrogens is 935 g/mol. The molecule has 0 aliphatic carbocycles. The summed E-state index contributed by atoms with van der Waals surface area (Å²) in [6, 6.07) is 0. The number of ether oxygens (including phenoxy) is 2. The maximum atomic E-state index is 12.1. The van der Waals surface area contributed by atoms with Gasteiger partial charge in [0.2, 0.25) is 5.78 Å². The van der Waals surface area contributed by atoms with Gasteiger partial charge in [0.15, 0.2) is 0 Å². The Hall–Kier alpha value is -4.24. The Labute approximate surface area is 421 Å². The summed E-state index contributed by atoms with van der Waals surface area (Å²) in [6.45, 7) is 19.8. The van der Waals surface area contributed by atoms with Gasteiger partial charge in [0.25, 0.3) is 5.89 Å². The maximum Gasteiger partial charge on any atom is 0.265 e. The van der Waals surface area contributed by atoms with Crippen molar-refractivity contribution in [2.75, 3.05) is 32.9 Å². The number of aliphatic hydroxyl groups excluding tert-OH is 2. The molecule has 2 aliphatic rings. The van der Waals surface area contributed by atoms with Gasteiger partial charge in [0.1, 0.15) is 6.26 Å². The minimum atomic E-state index is -1.10. The molecule has 0 spiro atoms. The van der Waals surface area contributed by atoms with E-state index >= 15 is 0 Å². The number of Topliss-reactive ketones (excluding diaryl/α,β-unsaturated/α-hetero) is 2. The van der Waals surface area contributed by atoms with Gasteiger partial charge < -0.3 is 10.2 Å². The number of aldehydes is 1. The quantitative estimate of drug-likeness (QED) is 0.0262. The fourth-order valence-electron chi connectivity index (χ4n) is 6.69. The van der Waals surface area contributed by atoms with Crippen LogP contribution in [0, 0.1) is 43.3 Å². The van der Waals surface area contributed by atoms with E-state index < -0.39 is 33.3 Å². The summed E-state index contributed by atoms with van der Waals surface area (Å²) in [5, 5.41) is 48.8. The Bertz CT molecular complexity index is 1910. The zero-order valence-corrected chi connectivity index (χ0v) is 43.6. The van der Waals surface area contributed by atoms with Crippen molar-refractivity contribution >= 4 is 106 Å². The molecule has 0 aromatic carbocycles. The molecule has 1 aromatic rings. The van der Waals surface area contributed by atoms with Crippen molar-refractivity contribution in [1.82, 2.24) is 4.98 Å². The summed E-state index contributed by atoms with van der Waals surface area (Å²) < 4.78 is 57.0. The molecule has 8 N–H and O–H groups in total. The van der Waals surface area contributed by atoms with E-state index in [1.807, 2.05) is 34.6 Å². The fraction of sp³-hybridized carbons (Fsp3) is 0.721. The molecule has 0 fully saturated rings. The summed E-state index contributed by atoms with van der Waals surface area (Å²) in [4.78, 5) is 46.0. The third kappa shape index (κ3) is 22.2. The molecule has 26 heteroatoms. The Balaban J connectivity index is -0.000000384. The third-order valence-electron chi connectivity index (χ3n) is 11.3. The van der Waals surface area contributed by atoms with Crippen LogP contribution < -0.4 is 5.73 Å². The van der Waals surface area contributed by atoms with Crippen molar-refractivity contribution < 1.29 is 57.3 Å². The van der Waals surface area contributed by atoms with Crippen LogP contribution in [0.1, 0.15) is 144 Å². The number of halogens is 2. The smallest absolute Gasteiger partial charge is 0.265 e. The van der Waals surface area contributed by atoms with Crippen molar-refractivity contribution in [2.24, 2.45) is 37.4 Å². The first-order valence-corrected chi connectivity index (χ1v) is 22.4. The fourth-order valence-corrected chi connectivity index (χ4v) is 6.69.